The maximum atomic E-state index is 12.3. The third-order valence-electron chi connectivity index (χ3n) is 2.96. The van der Waals surface area contributed by atoms with Crippen LogP contribution in [0, 0.1) is 10.1 Å². The average Bonchev–Trinajstić information content (AvgIpc) is 2.39. The lowest BCUT2D eigenvalue weighted by Crippen LogP contribution is -2.38. The summed E-state index contributed by atoms with van der Waals surface area (Å²) in [6.45, 7) is 0.153. The lowest BCUT2D eigenvalue weighted by Gasteiger charge is -2.25. The van der Waals surface area contributed by atoms with Gasteiger partial charge in [0, 0.05) is 32.0 Å². The highest BCUT2D eigenvalue weighted by Crippen LogP contribution is 2.27. The predicted molar refractivity (Wildman–Crippen MR) is 66.1 cm³/mol. The number of rotatable bonds is 3. The number of hydrogen-bond donors (Lipinski definition) is 0. The molecule has 0 bridgehead atoms. The van der Waals surface area contributed by atoms with Crippen LogP contribution < -0.4 is 0 Å². The number of ketones is 1. The molecule has 0 saturated carbocycles. The molecule has 1 heterocycles. The Bertz CT molecular complexity index is 616. The Kier molecular flexibility index (Phi) is 3.63. The molecule has 2 rings (SSSR count). The van der Waals surface area contributed by atoms with Gasteiger partial charge in [-0.05, 0) is 6.07 Å². The summed E-state index contributed by atoms with van der Waals surface area (Å²) in [6.07, 6.45) is 0.305. The van der Waals surface area contributed by atoms with Crippen LogP contribution in [0.1, 0.15) is 12.8 Å². The summed E-state index contributed by atoms with van der Waals surface area (Å²) in [5.74, 6) is 0.00834. The zero-order chi connectivity index (χ0) is 14.0. The minimum atomic E-state index is -3.92. The van der Waals surface area contributed by atoms with E-state index in [-0.39, 0.29) is 36.6 Å². The maximum Gasteiger partial charge on any atom is 0.289 e. The van der Waals surface area contributed by atoms with Gasteiger partial charge in [0.2, 0.25) is 10.0 Å². The van der Waals surface area contributed by atoms with E-state index < -0.39 is 20.6 Å². The minimum absolute atomic E-state index is 0.00834. The van der Waals surface area contributed by atoms with Crippen molar-refractivity contribution in [1.29, 1.82) is 0 Å². The lowest BCUT2D eigenvalue weighted by atomic mass is 10.1. The van der Waals surface area contributed by atoms with Gasteiger partial charge in [-0.25, -0.2) is 8.42 Å². The molecule has 0 unspecified atom stereocenters. The van der Waals surface area contributed by atoms with E-state index in [1.165, 1.54) is 18.2 Å². The molecule has 1 saturated heterocycles. The quantitative estimate of drug-likeness (QED) is 0.608. The Morgan fingerprint density at radius 2 is 1.74 bits per heavy atom. The molecular formula is C11H12N2O5S. The lowest BCUT2D eigenvalue weighted by molar-refractivity contribution is -0.387. The van der Waals surface area contributed by atoms with E-state index in [1.54, 1.807) is 0 Å². The van der Waals surface area contributed by atoms with Gasteiger partial charge in [0.05, 0.1) is 4.92 Å². The summed E-state index contributed by atoms with van der Waals surface area (Å²) in [5, 5.41) is 10.9. The number of nitro groups is 1. The van der Waals surface area contributed by atoms with Crippen LogP contribution in [0.5, 0.6) is 0 Å². The topological polar surface area (TPSA) is 97.6 Å². The molecule has 1 fully saturated rings. The first kappa shape index (κ1) is 13.6. The standard InChI is InChI=1S/C11H12N2O5S/c14-9-5-7-12(8-6-9)19(17,18)11-4-2-1-3-10(11)13(15)16/h1-4H,5-8H2. The molecule has 0 radical (unpaired) electrons. The largest absolute Gasteiger partial charge is 0.300 e. The number of hydrogen-bond acceptors (Lipinski definition) is 5. The number of nitrogens with zero attached hydrogens (tertiary/aromatic N) is 2. The minimum Gasteiger partial charge on any atom is -0.300 e. The summed E-state index contributed by atoms with van der Waals surface area (Å²) in [5.41, 5.74) is -0.445. The van der Waals surface area contributed by atoms with Crippen molar-refractivity contribution in [2.75, 3.05) is 13.1 Å². The second-order valence-corrected chi connectivity index (χ2v) is 6.07. The van der Waals surface area contributed by atoms with Crippen molar-refractivity contribution < 1.29 is 18.1 Å². The first-order valence-corrected chi connectivity index (χ1v) is 7.12. The number of Topliss-reactive ketones (excluding diaryl/α,β-unsaturated/α-hetero) is 1. The van der Waals surface area contributed by atoms with Crippen molar-refractivity contribution in [3.8, 4) is 0 Å². The van der Waals surface area contributed by atoms with Crippen LogP contribution in [-0.4, -0.2) is 36.5 Å². The van der Waals surface area contributed by atoms with Crippen molar-refractivity contribution >= 4 is 21.5 Å². The van der Waals surface area contributed by atoms with Crippen molar-refractivity contribution in [3.05, 3.63) is 34.4 Å². The van der Waals surface area contributed by atoms with Crippen molar-refractivity contribution in [2.45, 2.75) is 17.7 Å². The number of sulfonamides is 1. The molecule has 0 atom stereocenters. The molecule has 19 heavy (non-hydrogen) atoms. The molecule has 0 aromatic heterocycles. The fraction of sp³-hybridized carbons (Fsp3) is 0.364. The normalized spacial score (nSPS) is 17.4. The number of para-hydroxylation sites is 1. The van der Waals surface area contributed by atoms with E-state index in [2.05, 4.69) is 0 Å². The Labute approximate surface area is 110 Å². The van der Waals surface area contributed by atoms with E-state index >= 15 is 0 Å². The molecule has 1 aromatic rings. The number of carbonyl (C=O) groups is 1. The highest BCUT2D eigenvalue weighted by atomic mass is 32.2. The van der Waals surface area contributed by atoms with Gasteiger partial charge in [0.1, 0.15) is 5.78 Å². The second kappa shape index (κ2) is 5.06. The third-order valence-corrected chi connectivity index (χ3v) is 4.91. The first-order chi connectivity index (χ1) is 8.93. The monoisotopic (exact) mass is 284 g/mol. The molecule has 0 spiro atoms. The Balaban J connectivity index is 2.40. The smallest absolute Gasteiger partial charge is 0.289 e. The Morgan fingerprint density at radius 1 is 1.16 bits per heavy atom. The summed E-state index contributed by atoms with van der Waals surface area (Å²) in [4.78, 5) is 20.9. The first-order valence-electron chi connectivity index (χ1n) is 5.68. The van der Waals surface area contributed by atoms with Crippen LogP contribution in [0.2, 0.25) is 0 Å². The fourth-order valence-corrected chi connectivity index (χ4v) is 3.54. The zero-order valence-corrected chi connectivity index (χ0v) is 10.8. The van der Waals surface area contributed by atoms with Gasteiger partial charge in [0.15, 0.2) is 4.90 Å². The molecule has 102 valence electrons. The van der Waals surface area contributed by atoms with Crippen LogP contribution in [0.4, 0.5) is 5.69 Å². The molecule has 7 nitrogen and oxygen atoms in total. The van der Waals surface area contributed by atoms with Crippen LogP contribution in [0.15, 0.2) is 29.2 Å². The van der Waals surface area contributed by atoms with Crippen LogP contribution in [0.25, 0.3) is 0 Å². The Hall–Kier alpha value is -1.80. The van der Waals surface area contributed by atoms with Crippen molar-refractivity contribution in [1.82, 2.24) is 4.31 Å². The second-order valence-electron chi connectivity index (χ2n) is 4.17. The van der Waals surface area contributed by atoms with Crippen LogP contribution in [-0.2, 0) is 14.8 Å². The predicted octanol–water partition coefficient (Wildman–Crippen LogP) is 0.948. The van der Waals surface area contributed by atoms with Gasteiger partial charge in [0.25, 0.3) is 5.69 Å². The molecule has 0 N–H and O–H groups in total. The van der Waals surface area contributed by atoms with E-state index in [0.29, 0.717) is 0 Å². The average molecular weight is 284 g/mol. The molecule has 1 aromatic carbocycles. The summed E-state index contributed by atoms with van der Waals surface area (Å²) >= 11 is 0. The van der Waals surface area contributed by atoms with Gasteiger partial charge in [-0.1, -0.05) is 12.1 Å². The fourth-order valence-electron chi connectivity index (χ4n) is 1.94. The molecule has 0 aliphatic carbocycles. The summed E-state index contributed by atoms with van der Waals surface area (Å²) < 4.78 is 25.8. The third kappa shape index (κ3) is 2.64. The van der Waals surface area contributed by atoms with Gasteiger partial charge < -0.3 is 0 Å². The van der Waals surface area contributed by atoms with Gasteiger partial charge in [-0.2, -0.15) is 4.31 Å². The number of carbonyl (C=O) groups excluding carboxylic acids is 1. The molecule has 8 heteroatoms. The molecular weight excluding hydrogens is 272 g/mol. The summed E-state index contributed by atoms with van der Waals surface area (Å²) in [7, 11) is -3.92. The van der Waals surface area contributed by atoms with E-state index in [1.807, 2.05) is 0 Å². The molecule has 0 amide bonds. The van der Waals surface area contributed by atoms with Gasteiger partial charge in [-0.15, -0.1) is 0 Å². The van der Waals surface area contributed by atoms with Crippen LogP contribution >= 0.6 is 0 Å². The van der Waals surface area contributed by atoms with E-state index in [4.69, 9.17) is 0 Å². The molecule has 1 aliphatic heterocycles. The van der Waals surface area contributed by atoms with Crippen molar-refractivity contribution in [3.63, 3.8) is 0 Å². The summed E-state index contributed by atoms with van der Waals surface area (Å²) in [6, 6.07) is 5.22. The van der Waals surface area contributed by atoms with Crippen molar-refractivity contribution in [2.24, 2.45) is 0 Å². The maximum absolute atomic E-state index is 12.3. The number of benzene rings is 1. The zero-order valence-electron chi connectivity index (χ0n) is 9.98. The number of piperidine rings is 1. The Morgan fingerprint density at radius 3 is 2.32 bits per heavy atom. The van der Waals surface area contributed by atoms with Gasteiger partial charge >= 0.3 is 0 Å². The number of nitro benzene ring substituents is 1. The van der Waals surface area contributed by atoms with E-state index in [9.17, 15) is 23.3 Å². The van der Waals surface area contributed by atoms with Crippen LogP contribution in [0.3, 0.4) is 0 Å². The SMILES string of the molecule is O=C1CCN(S(=O)(=O)c2ccccc2[N+](=O)[O-])CC1. The highest BCUT2D eigenvalue weighted by Gasteiger charge is 2.33. The van der Waals surface area contributed by atoms with Gasteiger partial charge in [-0.3, -0.25) is 14.9 Å². The molecule has 1 aliphatic rings. The van der Waals surface area contributed by atoms with E-state index in [0.717, 1.165) is 10.4 Å². The highest BCUT2D eigenvalue weighted by molar-refractivity contribution is 7.89.